The topological polar surface area (TPSA) is 63.9 Å². The van der Waals surface area contributed by atoms with Crippen molar-refractivity contribution >= 4 is 22.6 Å². The summed E-state index contributed by atoms with van der Waals surface area (Å²) in [6.45, 7) is 4.15. The number of rotatable bonds is 7. The van der Waals surface area contributed by atoms with Gasteiger partial charge < -0.3 is 24.0 Å². The standard InChI is InChI=1S/C31H38N2O4/c34-31(35)23-14-15-24-27(21-23)33-18-17-32(16-8-20-37-28-13-6-7-19-36-28)26-12-5-4-11-25(26)30(33)29(24)22-9-2-1-3-10-22/h4-5,11-12,14-15,21-22,28H,1-3,6-10,13,16-20H2,(H,34,35). The Bertz CT molecular complexity index is 1250. The summed E-state index contributed by atoms with van der Waals surface area (Å²) >= 11 is 0. The predicted octanol–water partition coefficient (Wildman–Crippen LogP) is 6.81. The number of carboxylic acids is 1. The number of fused-ring (bicyclic) bond motifs is 5. The minimum Gasteiger partial charge on any atom is -0.478 e. The lowest BCUT2D eigenvalue weighted by Crippen LogP contribution is -2.29. The van der Waals surface area contributed by atoms with Gasteiger partial charge in [-0.05, 0) is 68.2 Å². The molecule has 2 fully saturated rings. The van der Waals surface area contributed by atoms with Gasteiger partial charge in [-0.3, -0.25) is 0 Å². The highest BCUT2D eigenvalue weighted by atomic mass is 16.7. The summed E-state index contributed by atoms with van der Waals surface area (Å²) in [5, 5.41) is 11.0. The lowest BCUT2D eigenvalue weighted by Gasteiger charge is -2.27. The molecule has 196 valence electrons. The molecule has 1 aromatic heterocycles. The fourth-order valence-electron chi connectivity index (χ4n) is 6.67. The molecule has 1 atom stereocenters. The summed E-state index contributed by atoms with van der Waals surface area (Å²) < 4.78 is 14.2. The summed E-state index contributed by atoms with van der Waals surface area (Å²) in [4.78, 5) is 14.4. The quantitative estimate of drug-likeness (QED) is 0.360. The van der Waals surface area contributed by atoms with Crippen molar-refractivity contribution in [3.05, 3.63) is 53.6 Å². The van der Waals surface area contributed by atoms with Crippen molar-refractivity contribution in [2.45, 2.75) is 76.5 Å². The first kappa shape index (κ1) is 24.5. The van der Waals surface area contributed by atoms with E-state index in [0.717, 1.165) is 51.0 Å². The zero-order valence-electron chi connectivity index (χ0n) is 21.7. The smallest absolute Gasteiger partial charge is 0.335 e. The van der Waals surface area contributed by atoms with Crippen LogP contribution in [0, 0.1) is 0 Å². The first-order valence-corrected chi connectivity index (χ1v) is 14.2. The van der Waals surface area contributed by atoms with Crippen LogP contribution in [-0.2, 0) is 16.0 Å². The Morgan fingerprint density at radius 1 is 1.00 bits per heavy atom. The molecule has 0 amide bonds. The second-order valence-electron chi connectivity index (χ2n) is 10.8. The second kappa shape index (κ2) is 10.9. The number of carbonyl (C=O) groups is 1. The van der Waals surface area contributed by atoms with E-state index >= 15 is 0 Å². The average Bonchev–Trinajstić information content (AvgIpc) is 3.17. The van der Waals surface area contributed by atoms with Crippen LogP contribution in [0.25, 0.3) is 22.2 Å². The van der Waals surface area contributed by atoms with E-state index in [1.165, 1.54) is 66.4 Å². The van der Waals surface area contributed by atoms with Crippen LogP contribution in [0.4, 0.5) is 5.69 Å². The Morgan fingerprint density at radius 2 is 1.84 bits per heavy atom. The first-order valence-electron chi connectivity index (χ1n) is 14.2. The molecule has 3 heterocycles. The summed E-state index contributed by atoms with van der Waals surface area (Å²) in [6.07, 6.45) is 10.5. The van der Waals surface area contributed by atoms with Crippen LogP contribution in [0.2, 0.25) is 0 Å². The third kappa shape index (κ3) is 4.89. The van der Waals surface area contributed by atoms with Crippen molar-refractivity contribution in [1.29, 1.82) is 0 Å². The number of carboxylic acid groups (broad SMARTS) is 1. The molecule has 0 bridgehead atoms. The summed E-state index contributed by atoms with van der Waals surface area (Å²) in [5.41, 5.74) is 6.69. The van der Waals surface area contributed by atoms with Gasteiger partial charge in [0.05, 0.1) is 17.9 Å². The third-order valence-corrected chi connectivity index (χ3v) is 8.47. The first-order chi connectivity index (χ1) is 18.2. The molecule has 1 saturated carbocycles. The van der Waals surface area contributed by atoms with E-state index in [0.29, 0.717) is 18.1 Å². The van der Waals surface area contributed by atoms with Gasteiger partial charge in [-0.2, -0.15) is 0 Å². The highest BCUT2D eigenvalue weighted by molar-refractivity contribution is 5.99. The van der Waals surface area contributed by atoms with Gasteiger partial charge in [-0.1, -0.05) is 43.5 Å². The van der Waals surface area contributed by atoms with Gasteiger partial charge in [0.2, 0.25) is 0 Å². The molecule has 1 aliphatic carbocycles. The molecule has 0 spiro atoms. The Balaban J connectivity index is 1.35. The van der Waals surface area contributed by atoms with Crippen LogP contribution >= 0.6 is 0 Å². The number of aromatic carboxylic acids is 1. The van der Waals surface area contributed by atoms with Crippen LogP contribution < -0.4 is 4.90 Å². The van der Waals surface area contributed by atoms with Gasteiger partial charge in [0, 0.05) is 48.4 Å². The Labute approximate surface area is 219 Å². The van der Waals surface area contributed by atoms with E-state index in [1.54, 1.807) is 6.07 Å². The molecule has 6 heteroatoms. The van der Waals surface area contributed by atoms with Crippen molar-refractivity contribution < 1.29 is 19.4 Å². The molecule has 0 radical (unpaired) electrons. The number of nitrogens with zero attached hydrogens (tertiary/aromatic N) is 2. The largest absolute Gasteiger partial charge is 0.478 e. The number of ether oxygens (including phenoxy) is 2. The molecule has 6 rings (SSSR count). The Kier molecular flexibility index (Phi) is 7.21. The fourth-order valence-corrected chi connectivity index (χ4v) is 6.67. The maximum absolute atomic E-state index is 11.9. The van der Waals surface area contributed by atoms with E-state index in [1.807, 2.05) is 6.07 Å². The van der Waals surface area contributed by atoms with Crippen molar-refractivity contribution in [2.24, 2.45) is 0 Å². The van der Waals surface area contributed by atoms with Crippen molar-refractivity contribution in [1.82, 2.24) is 4.57 Å². The monoisotopic (exact) mass is 502 g/mol. The molecule has 3 aliphatic rings. The Morgan fingerprint density at radius 3 is 2.65 bits per heavy atom. The van der Waals surface area contributed by atoms with E-state index < -0.39 is 5.97 Å². The second-order valence-corrected chi connectivity index (χ2v) is 10.8. The van der Waals surface area contributed by atoms with E-state index in [9.17, 15) is 9.90 Å². The number of aromatic nitrogens is 1. The highest BCUT2D eigenvalue weighted by Gasteiger charge is 2.30. The Hall–Kier alpha value is -2.83. The molecule has 3 aromatic rings. The molecule has 2 aromatic carbocycles. The van der Waals surface area contributed by atoms with Gasteiger partial charge in [-0.15, -0.1) is 0 Å². The summed E-state index contributed by atoms with van der Waals surface area (Å²) in [7, 11) is 0. The highest BCUT2D eigenvalue weighted by Crippen LogP contribution is 2.47. The fraction of sp³-hybridized carbons (Fsp3) is 0.516. The van der Waals surface area contributed by atoms with Crippen LogP contribution in [0.3, 0.4) is 0 Å². The third-order valence-electron chi connectivity index (χ3n) is 8.47. The van der Waals surface area contributed by atoms with E-state index in [2.05, 4.69) is 39.8 Å². The molecule has 1 saturated heterocycles. The van der Waals surface area contributed by atoms with Crippen molar-refractivity contribution in [3.8, 4) is 11.3 Å². The van der Waals surface area contributed by atoms with E-state index in [-0.39, 0.29) is 6.29 Å². The molecule has 6 nitrogen and oxygen atoms in total. The van der Waals surface area contributed by atoms with Crippen LogP contribution in [0.5, 0.6) is 0 Å². The molecular formula is C31H38N2O4. The van der Waals surface area contributed by atoms with Crippen molar-refractivity contribution in [2.75, 3.05) is 31.2 Å². The zero-order valence-corrected chi connectivity index (χ0v) is 21.7. The van der Waals surface area contributed by atoms with Gasteiger partial charge in [0.15, 0.2) is 6.29 Å². The lowest BCUT2D eigenvalue weighted by atomic mass is 9.81. The van der Waals surface area contributed by atoms with Gasteiger partial charge in [0.1, 0.15) is 0 Å². The zero-order chi connectivity index (χ0) is 25.2. The SMILES string of the molecule is O=C(O)c1ccc2c(C3CCCCC3)c3n(c2c1)CCN(CCCOC1CCCCO1)c1ccccc1-3. The molecule has 37 heavy (non-hydrogen) atoms. The number of hydrogen-bond acceptors (Lipinski definition) is 4. The molecule has 1 N–H and O–H groups in total. The predicted molar refractivity (Wildman–Crippen MR) is 147 cm³/mol. The molecule has 2 aliphatic heterocycles. The number of hydrogen-bond donors (Lipinski definition) is 1. The van der Waals surface area contributed by atoms with Crippen molar-refractivity contribution in [3.63, 3.8) is 0 Å². The minimum absolute atomic E-state index is 0.0428. The van der Waals surface area contributed by atoms with Gasteiger partial charge in [-0.25, -0.2) is 4.79 Å². The number of anilines is 1. The van der Waals surface area contributed by atoms with Crippen LogP contribution in [0.1, 0.15) is 79.6 Å². The number of benzene rings is 2. The van der Waals surface area contributed by atoms with Crippen LogP contribution in [0.15, 0.2) is 42.5 Å². The maximum atomic E-state index is 11.9. The lowest BCUT2D eigenvalue weighted by molar-refractivity contribution is -0.162. The average molecular weight is 503 g/mol. The molecule has 1 unspecified atom stereocenters. The molecular weight excluding hydrogens is 464 g/mol. The van der Waals surface area contributed by atoms with Crippen LogP contribution in [-0.4, -0.2) is 48.2 Å². The summed E-state index contributed by atoms with van der Waals surface area (Å²) in [6, 6.07) is 14.5. The minimum atomic E-state index is -0.866. The van der Waals surface area contributed by atoms with E-state index in [4.69, 9.17) is 9.47 Å². The summed E-state index contributed by atoms with van der Waals surface area (Å²) in [5.74, 6) is -0.346. The normalized spacial score (nSPS) is 20.4. The maximum Gasteiger partial charge on any atom is 0.335 e. The van der Waals surface area contributed by atoms with Gasteiger partial charge in [0.25, 0.3) is 0 Å². The number of para-hydroxylation sites is 1. The van der Waals surface area contributed by atoms with Gasteiger partial charge >= 0.3 is 5.97 Å².